The molecule has 2 aromatic rings. The molecule has 1 aliphatic rings. The number of aliphatic hydroxyl groups excluding tert-OH is 1. The maximum Gasteiger partial charge on any atom is 0.258 e. The van der Waals surface area contributed by atoms with Crippen LogP contribution in [0.15, 0.2) is 22.6 Å². The predicted octanol–water partition coefficient (Wildman–Crippen LogP) is 1.96. The van der Waals surface area contributed by atoms with Gasteiger partial charge in [0.1, 0.15) is 17.1 Å². The summed E-state index contributed by atoms with van der Waals surface area (Å²) in [6.45, 7) is 2.75. The first-order valence-corrected chi connectivity index (χ1v) is 6.64. The summed E-state index contributed by atoms with van der Waals surface area (Å²) in [7, 11) is 1.59. The van der Waals surface area contributed by atoms with Crippen LogP contribution < -0.4 is 4.74 Å². The Morgan fingerprint density at radius 3 is 2.95 bits per heavy atom. The number of β-amino-alcohol motifs (C(OH)–C–C–N with tert-alkyl or cyclic N) is 1. The number of hydrogen-bond acceptors (Lipinski definition) is 4. The van der Waals surface area contributed by atoms with Crippen molar-refractivity contribution in [1.82, 2.24) is 4.90 Å². The van der Waals surface area contributed by atoms with Crippen LogP contribution in [0, 0.1) is 6.92 Å². The highest BCUT2D eigenvalue weighted by molar-refractivity contribution is 6.07. The Kier molecular flexibility index (Phi) is 3.14. The number of methoxy groups -OCH3 is 1. The van der Waals surface area contributed by atoms with Gasteiger partial charge < -0.3 is 19.2 Å². The summed E-state index contributed by atoms with van der Waals surface area (Å²) in [5.41, 5.74) is 1.24. The number of fused-ring (bicyclic) bond motifs is 1. The summed E-state index contributed by atoms with van der Waals surface area (Å²) in [4.78, 5) is 14.3. The molecule has 5 nitrogen and oxygen atoms in total. The third kappa shape index (κ3) is 2.04. The zero-order valence-electron chi connectivity index (χ0n) is 11.5. The van der Waals surface area contributed by atoms with E-state index in [0.717, 1.165) is 5.39 Å². The van der Waals surface area contributed by atoms with E-state index >= 15 is 0 Å². The van der Waals surface area contributed by atoms with Crippen molar-refractivity contribution in [3.63, 3.8) is 0 Å². The van der Waals surface area contributed by atoms with E-state index in [1.165, 1.54) is 0 Å². The fraction of sp³-hybridized carbons (Fsp3) is 0.400. The van der Waals surface area contributed by atoms with Gasteiger partial charge in [0.25, 0.3) is 5.91 Å². The molecule has 1 fully saturated rings. The number of ether oxygens (including phenoxy) is 1. The molecule has 1 aromatic heterocycles. The molecule has 0 spiro atoms. The van der Waals surface area contributed by atoms with E-state index in [-0.39, 0.29) is 5.91 Å². The lowest BCUT2D eigenvalue weighted by Crippen LogP contribution is -2.29. The average Bonchev–Trinajstić information content (AvgIpc) is 3.00. The van der Waals surface area contributed by atoms with Crippen LogP contribution in [0.4, 0.5) is 0 Å². The Labute approximate surface area is 116 Å². The smallest absolute Gasteiger partial charge is 0.258 e. The number of aliphatic hydroxyl groups is 1. The van der Waals surface area contributed by atoms with Crippen LogP contribution >= 0.6 is 0 Å². The SMILES string of the molecule is COc1ccc2oc(C)c(C(=O)N3CC[C@@H](O)C3)c2c1. The molecule has 1 saturated heterocycles. The maximum absolute atomic E-state index is 12.6. The highest BCUT2D eigenvalue weighted by Gasteiger charge is 2.29. The van der Waals surface area contributed by atoms with Crippen molar-refractivity contribution in [2.75, 3.05) is 20.2 Å². The molecule has 0 bridgehead atoms. The number of carbonyl (C=O) groups is 1. The first kappa shape index (κ1) is 13.0. The lowest BCUT2D eigenvalue weighted by molar-refractivity contribution is 0.0765. The van der Waals surface area contributed by atoms with Crippen molar-refractivity contribution in [2.45, 2.75) is 19.4 Å². The summed E-state index contributed by atoms with van der Waals surface area (Å²) < 4.78 is 10.8. The Bertz CT molecular complexity index is 661. The summed E-state index contributed by atoms with van der Waals surface area (Å²) in [6, 6.07) is 5.42. The van der Waals surface area contributed by atoms with Crippen LogP contribution in [-0.4, -0.2) is 42.2 Å². The second-order valence-corrected chi connectivity index (χ2v) is 5.09. The van der Waals surface area contributed by atoms with Crippen LogP contribution in [-0.2, 0) is 0 Å². The van der Waals surface area contributed by atoms with Crippen LogP contribution in [0.3, 0.4) is 0 Å². The van der Waals surface area contributed by atoms with Crippen molar-refractivity contribution < 1.29 is 19.1 Å². The molecule has 1 N–H and O–H groups in total. The Morgan fingerprint density at radius 1 is 1.50 bits per heavy atom. The molecule has 1 aliphatic heterocycles. The van der Waals surface area contributed by atoms with E-state index in [1.54, 1.807) is 31.1 Å². The zero-order chi connectivity index (χ0) is 14.3. The van der Waals surface area contributed by atoms with Gasteiger partial charge in [-0.05, 0) is 31.5 Å². The average molecular weight is 275 g/mol. The maximum atomic E-state index is 12.6. The highest BCUT2D eigenvalue weighted by atomic mass is 16.5. The van der Waals surface area contributed by atoms with E-state index in [0.29, 0.717) is 42.2 Å². The Balaban J connectivity index is 2.05. The number of likely N-dealkylation sites (tertiary alicyclic amines) is 1. The summed E-state index contributed by atoms with van der Waals surface area (Å²) in [6.07, 6.45) is 0.205. The molecule has 106 valence electrons. The number of rotatable bonds is 2. The minimum Gasteiger partial charge on any atom is -0.497 e. The quantitative estimate of drug-likeness (QED) is 0.910. The predicted molar refractivity (Wildman–Crippen MR) is 74.0 cm³/mol. The highest BCUT2D eigenvalue weighted by Crippen LogP contribution is 2.30. The van der Waals surface area contributed by atoms with Crippen LogP contribution in [0.25, 0.3) is 11.0 Å². The standard InChI is InChI=1S/C15H17NO4/c1-9-14(15(18)16-6-5-10(17)8-16)12-7-11(19-2)3-4-13(12)20-9/h3-4,7,10,17H,5-6,8H2,1-2H3/t10-/m1/s1. The van der Waals surface area contributed by atoms with Gasteiger partial charge in [-0.15, -0.1) is 0 Å². The molecule has 1 atom stereocenters. The lowest BCUT2D eigenvalue weighted by atomic mass is 10.1. The van der Waals surface area contributed by atoms with Crippen LogP contribution in [0.1, 0.15) is 22.5 Å². The van der Waals surface area contributed by atoms with Gasteiger partial charge in [0, 0.05) is 18.5 Å². The van der Waals surface area contributed by atoms with Crippen molar-refractivity contribution in [3.05, 3.63) is 29.5 Å². The molecule has 3 rings (SSSR count). The van der Waals surface area contributed by atoms with Gasteiger partial charge in [-0.1, -0.05) is 0 Å². The van der Waals surface area contributed by atoms with Gasteiger partial charge >= 0.3 is 0 Å². The molecule has 5 heteroatoms. The number of nitrogens with zero attached hydrogens (tertiary/aromatic N) is 1. The number of hydrogen-bond donors (Lipinski definition) is 1. The molecular formula is C15H17NO4. The Hall–Kier alpha value is -2.01. The first-order valence-electron chi connectivity index (χ1n) is 6.64. The minimum atomic E-state index is -0.424. The lowest BCUT2D eigenvalue weighted by Gasteiger charge is -2.15. The normalized spacial score (nSPS) is 18.8. The van der Waals surface area contributed by atoms with Crippen LogP contribution in [0.5, 0.6) is 5.75 Å². The number of furan rings is 1. The molecular weight excluding hydrogens is 258 g/mol. The molecule has 1 amide bonds. The van der Waals surface area contributed by atoms with Crippen molar-refractivity contribution in [3.8, 4) is 5.75 Å². The van der Waals surface area contributed by atoms with E-state index in [9.17, 15) is 9.90 Å². The van der Waals surface area contributed by atoms with Gasteiger partial charge in [-0.3, -0.25) is 4.79 Å². The van der Waals surface area contributed by atoms with E-state index in [2.05, 4.69) is 0 Å². The zero-order valence-corrected chi connectivity index (χ0v) is 11.5. The molecule has 1 aromatic carbocycles. The summed E-state index contributed by atoms with van der Waals surface area (Å²) >= 11 is 0. The van der Waals surface area contributed by atoms with E-state index in [1.807, 2.05) is 6.07 Å². The molecule has 0 saturated carbocycles. The fourth-order valence-corrected chi connectivity index (χ4v) is 2.68. The molecule has 2 heterocycles. The topological polar surface area (TPSA) is 62.9 Å². The van der Waals surface area contributed by atoms with Gasteiger partial charge in [0.05, 0.1) is 18.8 Å². The van der Waals surface area contributed by atoms with Gasteiger partial charge in [0.2, 0.25) is 0 Å². The van der Waals surface area contributed by atoms with Crippen molar-refractivity contribution in [1.29, 1.82) is 0 Å². The van der Waals surface area contributed by atoms with Gasteiger partial charge in [-0.25, -0.2) is 0 Å². The molecule has 0 unspecified atom stereocenters. The van der Waals surface area contributed by atoms with Crippen molar-refractivity contribution in [2.24, 2.45) is 0 Å². The molecule has 0 aliphatic carbocycles. The van der Waals surface area contributed by atoms with E-state index < -0.39 is 6.10 Å². The third-order valence-corrected chi connectivity index (χ3v) is 3.74. The minimum absolute atomic E-state index is 0.0916. The largest absolute Gasteiger partial charge is 0.497 e. The van der Waals surface area contributed by atoms with E-state index in [4.69, 9.17) is 9.15 Å². The second-order valence-electron chi connectivity index (χ2n) is 5.09. The molecule has 0 radical (unpaired) electrons. The molecule has 20 heavy (non-hydrogen) atoms. The number of carbonyl (C=O) groups excluding carboxylic acids is 1. The first-order chi connectivity index (χ1) is 9.60. The monoisotopic (exact) mass is 275 g/mol. The second kappa shape index (κ2) is 4.83. The number of benzene rings is 1. The summed E-state index contributed by atoms with van der Waals surface area (Å²) in [5.74, 6) is 1.19. The summed E-state index contributed by atoms with van der Waals surface area (Å²) in [5, 5.41) is 10.3. The van der Waals surface area contributed by atoms with Gasteiger partial charge in [0.15, 0.2) is 0 Å². The van der Waals surface area contributed by atoms with Crippen molar-refractivity contribution >= 4 is 16.9 Å². The third-order valence-electron chi connectivity index (χ3n) is 3.74. The Morgan fingerprint density at radius 2 is 2.30 bits per heavy atom. The number of amides is 1. The number of aryl methyl sites for hydroxylation is 1. The fourth-order valence-electron chi connectivity index (χ4n) is 2.68. The van der Waals surface area contributed by atoms with Crippen LogP contribution in [0.2, 0.25) is 0 Å². The van der Waals surface area contributed by atoms with Gasteiger partial charge in [-0.2, -0.15) is 0 Å².